The summed E-state index contributed by atoms with van der Waals surface area (Å²) in [5, 5.41) is 4.02. The molecule has 0 unspecified atom stereocenters. The Balaban J connectivity index is 1.47. The molecule has 0 saturated heterocycles. The molecule has 1 fully saturated rings. The van der Waals surface area contributed by atoms with Gasteiger partial charge < -0.3 is 9.26 Å². The van der Waals surface area contributed by atoms with E-state index in [-0.39, 0.29) is 5.82 Å². The fraction of sp³-hybridized carbons (Fsp3) is 0.333. The lowest BCUT2D eigenvalue weighted by atomic mass is 10.1. The van der Waals surface area contributed by atoms with Crippen molar-refractivity contribution in [3.63, 3.8) is 0 Å². The number of hydrogen-bond acceptors (Lipinski definition) is 5. The number of ether oxygens (including phenoxy) is 1. The van der Waals surface area contributed by atoms with Gasteiger partial charge in [0.2, 0.25) is 11.7 Å². The third-order valence-corrected chi connectivity index (χ3v) is 4.84. The summed E-state index contributed by atoms with van der Waals surface area (Å²) in [5.41, 5.74) is 2.44. The van der Waals surface area contributed by atoms with Gasteiger partial charge in [0.25, 0.3) is 0 Å². The molecule has 0 aliphatic heterocycles. The Kier molecular flexibility index (Phi) is 4.90. The van der Waals surface area contributed by atoms with Gasteiger partial charge in [0, 0.05) is 18.2 Å². The normalized spacial score (nSPS) is 13.9. The Bertz CT molecular complexity index is 919. The van der Waals surface area contributed by atoms with Crippen LogP contribution in [0.15, 0.2) is 47.0 Å². The molecule has 4 rings (SSSR count). The van der Waals surface area contributed by atoms with Gasteiger partial charge in [-0.1, -0.05) is 29.4 Å². The average molecular weight is 367 g/mol. The summed E-state index contributed by atoms with van der Waals surface area (Å²) < 4.78 is 24.4. The molecular formula is C21H22FN3O2. The van der Waals surface area contributed by atoms with Gasteiger partial charge in [0.15, 0.2) is 0 Å². The molecule has 0 radical (unpaired) electrons. The minimum atomic E-state index is -0.266. The van der Waals surface area contributed by atoms with Gasteiger partial charge in [-0.3, -0.25) is 4.90 Å². The maximum absolute atomic E-state index is 13.8. The highest BCUT2D eigenvalue weighted by Crippen LogP contribution is 2.30. The number of benzene rings is 2. The molecule has 1 heterocycles. The first kappa shape index (κ1) is 17.7. The van der Waals surface area contributed by atoms with Gasteiger partial charge in [0.1, 0.15) is 11.6 Å². The lowest BCUT2D eigenvalue weighted by Gasteiger charge is -2.20. The van der Waals surface area contributed by atoms with E-state index in [0.717, 1.165) is 12.3 Å². The van der Waals surface area contributed by atoms with Gasteiger partial charge in [-0.15, -0.1) is 0 Å². The van der Waals surface area contributed by atoms with Crippen LogP contribution in [0.2, 0.25) is 0 Å². The molecule has 1 aliphatic carbocycles. The van der Waals surface area contributed by atoms with Crippen LogP contribution in [-0.4, -0.2) is 28.2 Å². The second-order valence-corrected chi connectivity index (χ2v) is 6.96. The molecule has 0 amide bonds. The second-order valence-electron chi connectivity index (χ2n) is 6.96. The van der Waals surface area contributed by atoms with Crippen molar-refractivity contribution in [2.75, 3.05) is 7.11 Å². The van der Waals surface area contributed by atoms with Gasteiger partial charge in [-0.2, -0.15) is 4.98 Å². The van der Waals surface area contributed by atoms with Crippen LogP contribution >= 0.6 is 0 Å². The number of aryl methyl sites for hydroxylation is 1. The van der Waals surface area contributed by atoms with Gasteiger partial charge >= 0.3 is 0 Å². The fourth-order valence-electron chi connectivity index (χ4n) is 3.06. The molecule has 6 heteroatoms. The van der Waals surface area contributed by atoms with E-state index in [2.05, 4.69) is 27.2 Å². The smallest absolute Gasteiger partial charge is 0.241 e. The first-order chi connectivity index (χ1) is 13.1. The summed E-state index contributed by atoms with van der Waals surface area (Å²) in [5.74, 6) is 1.55. The van der Waals surface area contributed by atoms with Crippen molar-refractivity contribution in [3.05, 3.63) is 65.3 Å². The molecule has 1 saturated carbocycles. The quantitative estimate of drug-likeness (QED) is 0.621. The molecule has 27 heavy (non-hydrogen) atoms. The van der Waals surface area contributed by atoms with Crippen molar-refractivity contribution in [1.29, 1.82) is 0 Å². The van der Waals surface area contributed by atoms with Crippen LogP contribution in [0.1, 0.15) is 29.9 Å². The zero-order valence-corrected chi connectivity index (χ0v) is 15.5. The molecule has 1 aromatic heterocycles. The highest BCUT2D eigenvalue weighted by Gasteiger charge is 2.30. The zero-order chi connectivity index (χ0) is 18.8. The van der Waals surface area contributed by atoms with E-state index in [4.69, 9.17) is 9.26 Å². The molecule has 140 valence electrons. The molecule has 0 spiro atoms. The van der Waals surface area contributed by atoms with E-state index >= 15 is 0 Å². The fourth-order valence-corrected chi connectivity index (χ4v) is 3.06. The summed E-state index contributed by atoms with van der Waals surface area (Å²) >= 11 is 0. The van der Waals surface area contributed by atoms with Crippen LogP contribution in [0, 0.1) is 12.7 Å². The SMILES string of the molecule is COc1ccc(CN(Cc2nc(-c3ccc(C)c(F)c3)no2)C2CC2)cc1. The number of hydrogen-bond donors (Lipinski definition) is 0. The Morgan fingerprint density at radius 3 is 2.59 bits per heavy atom. The maximum Gasteiger partial charge on any atom is 0.241 e. The number of aromatic nitrogens is 2. The standard InChI is InChI=1S/C21H22FN3O2/c1-14-3-6-16(11-19(14)22)21-23-20(27-24-21)13-25(17-7-8-17)12-15-4-9-18(26-2)10-5-15/h3-6,9-11,17H,7-8,12-13H2,1-2H3. The van der Waals surface area contributed by atoms with E-state index in [1.54, 1.807) is 20.1 Å². The lowest BCUT2D eigenvalue weighted by molar-refractivity contribution is 0.209. The summed E-state index contributed by atoms with van der Waals surface area (Å²) in [7, 11) is 1.67. The average Bonchev–Trinajstić information content (AvgIpc) is 3.43. The molecule has 5 nitrogen and oxygen atoms in total. The number of methoxy groups -OCH3 is 1. The molecular weight excluding hydrogens is 345 g/mol. The van der Waals surface area contributed by atoms with Gasteiger partial charge in [0.05, 0.1) is 13.7 Å². The molecule has 2 aromatic carbocycles. The first-order valence-corrected chi connectivity index (χ1v) is 9.08. The Morgan fingerprint density at radius 1 is 1.15 bits per heavy atom. The minimum Gasteiger partial charge on any atom is -0.497 e. The highest BCUT2D eigenvalue weighted by molar-refractivity contribution is 5.54. The van der Waals surface area contributed by atoms with E-state index in [9.17, 15) is 4.39 Å². The molecule has 3 aromatic rings. The van der Waals surface area contributed by atoms with Crippen LogP contribution < -0.4 is 4.74 Å². The molecule has 0 atom stereocenters. The number of halogens is 1. The summed E-state index contributed by atoms with van der Waals surface area (Å²) in [6, 6.07) is 13.6. The van der Waals surface area contributed by atoms with E-state index < -0.39 is 0 Å². The second kappa shape index (κ2) is 7.48. The van der Waals surface area contributed by atoms with E-state index in [1.807, 2.05) is 18.2 Å². The van der Waals surface area contributed by atoms with Crippen molar-refractivity contribution in [3.8, 4) is 17.1 Å². The highest BCUT2D eigenvalue weighted by atomic mass is 19.1. The predicted octanol–water partition coefficient (Wildman–Crippen LogP) is 4.36. The number of rotatable bonds is 7. The van der Waals surface area contributed by atoms with Crippen LogP contribution in [-0.2, 0) is 13.1 Å². The van der Waals surface area contributed by atoms with Crippen molar-refractivity contribution >= 4 is 0 Å². The predicted molar refractivity (Wildman–Crippen MR) is 99.7 cm³/mol. The Morgan fingerprint density at radius 2 is 1.93 bits per heavy atom. The summed E-state index contributed by atoms with van der Waals surface area (Å²) in [6.07, 6.45) is 2.36. The van der Waals surface area contributed by atoms with E-state index in [0.29, 0.717) is 35.4 Å². The Labute approximate surface area is 157 Å². The zero-order valence-electron chi connectivity index (χ0n) is 15.5. The lowest BCUT2D eigenvalue weighted by Crippen LogP contribution is -2.25. The number of nitrogens with zero attached hydrogens (tertiary/aromatic N) is 3. The van der Waals surface area contributed by atoms with Crippen molar-refractivity contribution in [2.45, 2.75) is 38.9 Å². The van der Waals surface area contributed by atoms with Crippen LogP contribution in [0.5, 0.6) is 5.75 Å². The summed E-state index contributed by atoms with van der Waals surface area (Å²) in [4.78, 5) is 6.81. The summed E-state index contributed by atoms with van der Waals surface area (Å²) in [6.45, 7) is 3.12. The monoisotopic (exact) mass is 367 g/mol. The molecule has 0 bridgehead atoms. The molecule has 1 aliphatic rings. The minimum absolute atomic E-state index is 0.266. The van der Waals surface area contributed by atoms with Gasteiger partial charge in [-0.25, -0.2) is 4.39 Å². The van der Waals surface area contributed by atoms with E-state index in [1.165, 1.54) is 24.5 Å². The van der Waals surface area contributed by atoms with Crippen molar-refractivity contribution < 1.29 is 13.7 Å². The maximum atomic E-state index is 13.8. The van der Waals surface area contributed by atoms with Crippen LogP contribution in [0.4, 0.5) is 4.39 Å². The van der Waals surface area contributed by atoms with Crippen molar-refractivity contribution in [2.24, 2.45) is 0 Å². The third kappa shape index (κ3) is 4.17. The van der Waals surface area contributed by atoms with Crippen molar-refractivity contribution in [1.82, 2.24) is 15.0 Å². The van der Waals surface area contributed by atoms with Crippen LogP contribution in [0.25, 0.3) is 11.4 Å². The van der Waals surface area contributed by atoms with Crippen LogP contribution in [0.3, 0.4) is 0 Å². The topological polar surface area (TPSA) is 51.4 Å². The molecule has 0 N–H and O–H groups in total. The Hall–Kier alpha value is -2.73. The van der Waals surface area contributed by atoms with Gasteiger partial charge in [-0.05, 0) is 49.1 Å². The largest absolute Gasteiger partial charge is 0.497 e. The first-order valence-electron chi connectivity index (χ1n) is 9.08. The third-order valence-electron chi connectivity index (χ3n) is 4.84.